The molecule has 0 aliphatic heterocycles. The van der Waals surface area contributed by atoms with Gasteiger partial charge in [0.1, 0.15) is 11.3 Å². The number of nitrogens with zero attached hydrogens (tertiary/aromatic N) is 1. The van der Waals surface area contributed by atoms with Crippen molar-refractivity contribution in [1.82, 2.24) is 5.32 Å². The number of fused-ring (bicyclic) bond motifs is 1. The number of nitrogens with one attached hydrogen (secondary N) is 1. The average molecular weight is 324 g/mol. The smallest absolute Gasteiger partial charge is 0.272 e. The molecule has 1 atom stereocenters. The van der Waals surface area contributed by atoms with Gasteiger partial charge in [-0.15, -0.1) is 0 Å². The SMILES string of the molecule is Cc1cc(C(=O)N[C@H](C)c2cc3ccccc3o2)ccc1[N+](=O)[O-]. The number of hydrogen-bond donors (Lipinski definition) is 1. The molecule has 3 rings (SSSR count). The normalized spacial score (nSPS) is 12.1. The molecule has 1 N–H and O–H groups in total. The molecule has 0 saturated carbocycles. The van der Waals surface area contributed by atoms with Crippen LogP contribution in [0.5, 0.6) is 0 Å². The Balaban J connectivity index is 1.78. The maximum Gasteiger partial charge on any atom is 0.272 e. The average Bonchev–Trinajstić information content (AvgIpc) is 2.98. The lowest BCUT2D eigenvalue weighted by molar-refractivity contribution is -0.385. The maximum absolute atomic E-state index is 12.4. The predicted molar refractivity (Wildman–Crippen MR) is 89.9 cm³/mol. The molecule has 0 aliphatic carbocycles. The fourth-order valence-corrected chi connectivity index (χ4v) is 2.57. The van der Waals surface area contributed by atoms with Gasteiger partial charge < -0.3 is 9.73 Å². The quantitative estimate of drug-likeness (QED) is 0.577. The minimum Gasteiger partial charge on any atom is -0.459 e. The summed E-state index contributed by atoms with van der Waals surface area (Å²) in [5.41, 5.74) is 1.58. The molecule has 1 amide bonds. The van der Waals surface area contributed by atoms with Crippen molar-refractivity contribution < 1.29 is 14.1 Å². The molecule has 0 aliphatic rings. The summed E-state index contributed by atoms with van der Waals surface area (Å²) in [7, 11) is 0. The number of nitro benzene ring substituents is 1. The Kier molecular flexibility index (Phi) is 4.04. The molecule has 0 saturated heterocycles. The number of nitro groups is 1. The van der Waals surface area contributed by atoms with Crippen molar-refractivity contribution in [3.63, 3.8) is 0 Å². The zero-order valence-corrected chi connectivity index (χ0v) is 13.3. The van der Waals surface area contributed by atoms with E-state index in [0.29, 0.717) is 16.9 Å². The molecule has 2 aromatic carbocycles. The van der Waals surface area contributed by atoms with Crippen LogP contribution < -0.4 is 5.32 Å². The number of carbonyl (C=O) groups excluding carboxylic acids is 1. The molecule has 3 aromatic rings. The lowest BCUT2D eigenvalue weighted by atomic mass is 10.1. The second-order valence-corrected chi connectivity index (χ2v) is 5.64. The Morgan fingerprint density at radius 2 is 1.96 bits per heavy atom. The summed E-state index contributed by atoms with van der Waals surface area (Å²) < 4.78 is 5.74. The van der Waals surface area contributed by atoms with E-state index in [2.05, 4.69) is 5.32 Å². The van der Waals surface area contributed by atoms with Crippen LogP contribution in [-0.4, -0.2) is 10.8 Å². The van der Waals surface area contributed by atoms with Crippen LogP contribution in [0.15, 0.2) is 52.9 Å². The monoisotopic (exact) mass is 324 g/mol. The van der Waals surface area contributed by atoms with Gasteiger partial charge in [-0.2, -0.15) is 0 Å². The largest absolute Gasteiger partial charge is 0.459 e. The van der Waals surface area contributed by atoms with Gasteiger partial charge in [-0.1, -0.05) is 18.2 Å². The van der Waals surface area contributed by atoms with Gasteiger partial charge in [0.25, 0.3) is 11.6 Å². The van der Waals surface area contributed by atoms with Crippen LogP contribution in [0.1, 0.15) is 34.6 Å². The van der Waals surface area contributed by atoms with Gasteiger partial charge >= 0.3 is 0 Å². The lowest BCUT2D eigenvalue weighted by Gasteiger charge is -2.11. The summed E-state index contributed by atoms with van der Waals surface area (Å²) in [4.78, 5) is 22.7. The van der Waals surface area contributed by atoms with Gasteiger partial charge in [0.15, 0.2) is 0 Å². The van der Waals surface area contributed by atoms with E-state index in [0.717, 1.165) is 11.0 Å². The highest BCUT2D eigenvalue weighted by molar-refractivity contribution is 5.95. The molecular weight excluding hydrogens is 308 g/mol. The molecule has 0 bridgehead atoms. The first-order valence-corrected chi connectivity index (χ1v) is 7.50. The number of amides is 1. The molecule has 0 unspecified atom stereocenters. The maximum atomic E-state index is 12.4. The first-order valence-electron chi connectivity index (χ1n) is 7.50. The molecule has 1 heterocycles. The molecule has 122 valence electrons. The molecule has 1 aromatic heterocycles. The van der Waals surface area contributed by atoms with Gasteiger partial charge in [0.05, 0.1) is 11.0 Å². The zero-order chi connectivity index (χ0) is 17.3. The summed E-state index contributed by atoms with van der Waals surface area (Å²) in [5, 5.41) is 14.7. The molecule has 24 heavy (non-hydrogen) atoms. The van der Waals surface area contributed by atoms with E-state index in [4.69, 9.17) is 4.42 Å². The van der Waals surface area contributed by atoms with Crippen molar-refractivity contribution in [2.75, 3.05) is 0 Å². The minimum absolute atomic E-state index is 0.00289. The van der Waals surface area contributed by atoms with Gasteiger partial charge in [0, 0.05) is 22.6 Å². The third kappa shape index (κ3) is 2.99. The highest BCUT2D eigenvalue weighted by Gasteiger charge is 2.17. The van der Waals surface area contributed by atoms with E-state index in [1.807, 2.05) is 37.3 Å². The Bertz CT molecular complexity index is 897. The third-order valence-electron chi connectivity index (χ3n) is 3.87. The number of carbonyl (C=O) groups is 1. The predicted octanol–water partition coefficient (Wildman–Crippen LogP) is 4.14. The Morgan fingerprint density at radius 1 is 1.21 bits per heavy atom. The molecule has 0 fully saturated rings. The Morgan fingerprint density at radius 3 is 2.62 bits per heavy atom. The molecule has 6 nitrogen and oxygen atoms in total. The highest BCUT2D eigenvalue weighted by atomic mass is 16.6. The summed E-state index contributed by atoms with van der Waals surface area (Å²) in [5.74, 6) is 0.351. The van der Waals surface area contributed by atoms with Crippen molar-refractivity contribution in [2.45, 2.75) is 19.9 Å². The van der Waals surface area contributed by atoms with Crippen LogP contribution in [0.2, 0.25) is 0 Å². The van der Waals surface area contributed by atoms with Gasteiger partial charge in [-0.3, -0.25) is 14.9 Å². The second kappa shape index (κ2) is 6.16. The first kappa shape index (κ1) is 15.7. The van der Waals surface area contributed by atoms with Crippen molar-refractivity contribution in [1.29, 1.82) is 0 Å². The standard InChI is InChI=1S/C18H16N2O4/c1-11-9-14(7-8-15(11)20(22)23)18(21)19-12(2)17-10-13-5-3-4-6-16(13)24-17/h3-10,12H,1-2H3,(H,19,21)/t12-/m1/s1. The fourth-order valence-electron chi connectivity index (χ4n) is 2.57. The Hall–Kier alpha value is -3.15. The summed E-state index contributed by atoms with van der Waals surface area (Å²) >= 11 is 0. The van der Waals surface area contributed by atoms with Crippen LogP contribution in [-0.2, 0) is 0 Å². The number of para-hydroxylation sites is 1. The number of benzene rings is 2. The molecule has 6 heteroatoms. The first-order chi connectivity index (χ1) is 11.5. The summed E-state index contributed by atoms with van der Waals surface area (Å²) in [6.45, 7) is 3.44. The van der Waals surface area contributed by atoms with Crippen molar-refractivity contribution in [2.24, 2.45) is 0 Å². The van der Waals surface area contributed by atoms with Crippen molar-refractivity contribution in [3.05, 3.63) is 75.5 Å². The highest BCUT2D eigenvalue weighted by Crippen LogP contribution is 2.24. The van der Waals surface area contributed by atoms with Crippen LogP contribution in [0.25, 0.3) is 11.0 Å². The van der Waals surface area contributed by atoms with E-state index < -0.39 is 4.92 Å². The Labute approximate surface area is 138 Å². The number of aryl methyl sites for hydroxylation is 1. The summed E-state index contributed by atoms with van der Waals surface area (Å²) in [6.07, 6.45) is 0. The second-order valence-electron chi connectivity index (χ2n) is 5.64. The minimum atomic E-state index is -0.464. The van der Waals surface area contributed by atoms with E-state index in [1.165, 1.54) is 18.2 Å². The van der Waals surface area contributed by atoms with Crippen molar-refractivity contribution >= 4 is 22.6 Å². The third-order valence-corrected chi connectivity index (χ3v) is 3.87. The van der Waals surface area contributed by atoms with Gasteiger partial charge in [-0.25, -0.2) is 0 Å². The van der Waals surface area contributed by atoms with Gasteiger partial charge in [0.2, 0.25) is 0 Å². The lowest BCUT2D eigenvalue weighted by Crippen LogP contribution is -2.26. The van der Waals surface area contributed by atoms with Crippen LogP contribution in [0.3, 0.4) is 0 Å². The van der Waals surface area contributed by atoms with Gasteiger partial charge in [-0.05, 0) is 38.1 Å². The zero-order valence-electron chi connectivity index (χ0n) is 13.3. The van der Waals surface area contributed by atoms with E-state index in [-0.39, 0.29) is 17.6 Å². The molecule has 0 spiro atoms. The van der Waals surface area contributed by atoms with Crippen LogP contribution in [0.4, 0.5) is 5.69 Å². The van der Waals surface area contributed by atoms with Crippen molar-refractivity contribution in [3.8, 4) is 0 Å². The van der Waals surface area contributed by atoms with E-state index >= 15 is 0 Å². The van der Waals surface area contributed by atoms with Crippen LogP contribution >= 0.6 is 0 Å². The fraction of sp³-hybridized carbons (Fsp3) is 0.167. The number of furan rings is 1. The van der Waals surface area contributed by atoms with E-state index in [1.54, 1.807) is 6.92 Å². The van der Waals surface area contributed by atoms with E-state index in [9.17, 15) is 14.9 Å². The topological polar surface area (TPSA) is 85.4 Å². The summed E-state index contributed by atoms with van der Waals surface area (Å²) in [6, 6.07) is 13.5. The number of hydrogen-bond acceptors (Lipinski definition) is 4. The molecular formula is C18H16N2O4. The number of rotatable bonds is 4. The molecule has 0 radical (unpaired) electrons. The van der Waals surface area contributed by atoms with Crippen LogP contribution in [0, 0.1) is 17.0 Å².